The zero-order chi connectivity index (χ0) is 13.2. The zero-order valence-electron chi connectivity index (χ0n) is 9.58. The third-order valence-electron chi connectivity index (χ3n) is 2.89. The largest absolute Gasteiger partial charge is 0.508 e. The minimum atomic E-state index is -1.62. The molecular formula is C14H13NO3. The number of phenols is 1. The molecule has 0 saturated carbocycles. The quantitative estimate of drug-likeness (QED) is 0.765. The van der Waals surface area contributed by atoms with Crippen LogP contribution in [-0.2, 0) is 10.3 Å². The van der Waals surface area contributed by atoms with Gasteiger partial charge in [0.2, 0.25) is 0 Å². The molecule has 0 heterocycles. The lowest BCUT2D eigenvalue weighted by Crippen LogP contribution is -2.45. The van der Waals surface area contributed by atoms with Gasteiger partial charge in [-0.05, 0) is 23.3 Å². The van der Waals surface area contributed by atoms with Gasteiger partial charge in [0, 0.05) is 0 Å². The molecule has 1 atom stereocenters. The van der Waals surface area contributed by atoms with Crippen molar-refractivity contribution in [1.29, 1.82) is 0 Å². The first-order chi connectivity index (χ1) is 8.55. The van der Waals surface area contributed by atoms with Crippen LogP contribution >= 0.6 is 0 Å². The fourth-order valence-corrected chi connectivity index (χ4v) is 1.84. The van der Waals surface area contributed by atoms with Crippen molar-refractivity contribution in [3.8, 4) is 5.75 Å². The Morgan fingerprint density at radius 2 is 1.44 bits per heavy atom. The molecule has 0 saturated heterocycles. The lowest BCUT2D eigenvalue weighted by atomic mass is 9.84. The van der Waals surface area contributed by atoms with Crippen LogP contribution in [0.4, 0.5) is 0 Å². The summed E-state index contributed by atoms with van der Waals surface area (Å²) in [6.45, 7) is 0. The van der Waals surface area contributed by atoms with E-state index in [1.807, 2.05) is 0 Å². The monoisotopic (exact) mass is 243 g/mol. The van der Waals surface area contributed by atoms with E-state index in [9.17, 15) is 15.0 Å². The van der Waals surface area contributed by atoms with Crippen LogP contribution < -0.4 is 5.73 Å². The van der Waals surface area contributed by atoms with E-state index in [-0.39, 0.29) is 5.75 Å². The van der Waals surface area contributed by atoms with Crippen molar-refractivity contribution >= 4 is 5.97 Å². The summed E-state index contributed by atoms with van der Waals surface area (Å²) < 4.78 is 0. The molecule has 0 aromatic heterocycles. The summed E-state index contributed by atoms with van der Waals surface area (Å²) in [6, 6.07) is 14.5. The van der Waals surface area contributed by atoms with E-state index in [0.717, 1.165) is 0 Å². The average molecular weight is 243 g/mol. The van der Waals surface area contributed by atoms with Crippen LogP contribution in [0.3, 0.4) is 0 Å². The summed E-state index contributed by atoms with van der Waals surface area (Å²) >= 11 is 0. The van der Waals surface area contributed by atoms with E-state index in [0.29, 0.717) is 11.1 Å². The lowest BCUT2D eigenvalue weighted by molar-refractivity contribution is -0.142. The standard InChI is InChI=1S/C14H13NO3/c15-14(13(17)18,10-4-2-1-3-5-10)11-6-8-12(16)9-7-11/h1-9,16H,15H2,(H,17,18). The summed E-state index contributed by atoms with van der Waals surface area (Å²) in [6.07, 6.45) is 0. The summed E-state index contributed by atoms with van der Waals surface area (Å²) in [5.41, 5.74) is 5.34. The van der Waals surface area contributed by atoms with E-state index in [1.165, 1.54) is 24.3 Å². The van der Waals surface area contributed by atoms with E-state index in [2.05, 4.69) is 0 Å². The Balaban J connectivity index is 2.58. The minimum absolute atomic E-state index is 0.0690. The van der Waals surface area contributed by atoms with Gasteiger partial charge in [-0.25, -0.2) is 4.79 Å². The maximum Gasteiger partial charge on any atom is 0.333 e. The number of rotatable bonds is 3. The highest BCUT2D eigenvalue weighted by Crippen LogP contribution is 2.28. The molecule has 4 N–H and O–H groups in total. The molecule has 92 valence electrons. The van der Waals surface area contributed by atoms with Gasteiger partial charge < -0.3 is 15.9 Å². The van der Waals surface area contributed by atoms with Crippen molar-refractivity contribution in [2.75, 3.05) is 0 Å². The SMILES string of the molecule is NC(C(=O)O)(c1ccccc1)c1ccc(O)cc1. The molecule has 0 bridgehead atoms. The van der Waals surface area contributed by atoms with E-state index in [1.54, 1.807) is 30.3 Å². The number of carboxylic acids is 1. The molecule has 2 rings (SSSR count). The molecule has 4 nitrogen and oxygen atoms in total. The lowest BCUT2D eigenvalue weighted by Gasteiger charge is -2.25. The Labute approximate surface area is 104 Å². The highest BCUT2D eigenvalue weighted by molar-refractivity contribution is 5.85. The Hall–Kier alpha value is -2.33. The van der Waals surface area contributed by atoms with Crippen molar-refractivity contribution in [2.24, 2.45) is 5.73 Å². The van der Waals surface area contributed by atoms with Crippen LogP contribution in [0.25, 0.3) is 0 Å². The number of nitrogens with two attached hydrogens (primary N) is 1. The van der Waals surface area contributed by atoms with Gasteiger partial charge in [0.05, 0.1) is 0 Å². The van der Waals surface area contributed by atoms with Crippen molar-refractivity contribution < 1.29 is 15.0 Å². The van der Waals surface area contributed by atoms with Gasteiger partial charge in [-0.15, -0.1) is 0 Å². The molecule has 2 aromatic carbocycles. The molecule has 18 heavy (non-hydrogen) atoms. The molecular weight excluding hydrogens is 230 g/mol. The fourth-order valence-electron chi connectivity index (χ4n) is 1.84. The first-order valence-electron chi connectivity index (χ1n) is 5.42. The van der Waals surface area contributed by atoms with Crippen molar-refractivity contribution in [3.63, 3.8) is 0 Å². The molecule has 0 fully saturated rings. The second kappa shape index (κ2) is 4.50. The number of phenolic OH excluding ortho intramolecular Hbond substituents is 1. The van der Waals surface area contributed by atoms with Crippen LogP contribution in [0.2, 0.25) is 0 Å². The van der Waals surface area contributed by atoms with Gasteiger partial charge >= 0.3 is 5.97 Å². The molecule has 4 heteroatoms. The molecule has 2 aromatic rings. The number of carboxylic acid groups (broad SMARTS) is 1. The maximum atomic E-state index is 11.5. The van der Waals surface area contributed by atoms with Gasteiger partial charge in [-0.1, -0.05) is 42.5 Å². The van der Waals surface area contributed by atoms with E-state index in [4.69, 9.17) is 5.73 Å². The molecule has 0 spiro atoms. The Kier molecular flexibility index (Phi) is 3.04. The van der Waals surface area contributed by atoms with Crippen molar-refractivity contribution in [2.45, 2.75) is 5.54 Å². The Morgan fingerprint density at radius 3 is 1.94 bits per heavy atom. The van der Waals surface area contributed by atoms with Gasteiger partial charge in [0.1, 0.15) is 5.75 Å². The topological polar surface area (TPSA) is 83.6 Å². The Morgan fingerprint density at radius 1 is 0.944 bits per heavy atom. The average Bonchev–Trinajstić information content (AvgIpc) is 2.39. The number of aromatic hydroxyl groups is 1. The number of carbonyl (C=O) groups is 1. The second-order valence-electron chi connectivity index (χ2n) is 4.03. The first-order valence-corrected chi connectivity index (χ1v) is 5.42. The number of benzene rings is 2. The van der Waals surface area contributed by atoms with Crippen molar-refractivity contribution in [1.82, 2.24) is 0 Å². The predicted molar refractivity (Wildman–Crippen MR) is 67.2 cm³/mol. The van der Waals surface area contributed by atoms with Crippen molar-refractivity contribution in [3.05, 3.63) is 65.7 Å². The third-order valence-corrected chi connectivity index (χ3v) is 2.89. The maximum absolute atomic E-state index is 11.5. The van der Waals surface area contributed by atoms with Crippen LogP contribution in [0.1, 0.15) is 11.1 Å². The Bertz CT molecular complexity index is 551. The van der Waals surface area contributed by atoms with Gasteiger partial charge in [-0.3, -0.25) is 0 Å². The second-order valence-corrected chi connectivity index (χ2v) is 4.03. The van der Waals surface area contributed by atoms with Crippen LogP contribution in [-0.4, -0.2) is 16.2 Å². The van der Waals surface area contributed by atoms with Crippen LogP contribution in [0.15, 0.2) is 54.6 Å². The number of hydrogen-bond acceptors (Lipinski definition) is 3. The van der Waals surface area contributed by atoms with Gasteiger partial charge in [0.25, 0.3) is 0 Å². The summed E-state index contributed by atoms with van der Waals surface area (Å²) in [5.74, 6) is -1.07. The molecule has 0 amide bonds. The zero-order valence-corrected chi connectivity index (χ0v) is 9.58. The summed E-state index contributed by atoms with van der Waals surface area (Å²) in [5, 5.41) is 18.7. The summed E-state index contributed by atoms with van der Waals surface area (Å²) in [4.78, 5) is 11.5. The predicted octanol–water partition coefficient (Wildman–Crippen LogP) is 1.68. The first kappa shape index (κ1) is 12.1. The van der Waals surface area contributed by atoms with Gasteiger partial charge in [-0.2, -0.15) is 0 Å². The van der Waals surface area contributed by atoms with Crippen LogP contribution in [0.5, 0.6) is 5.75 Å². The van der Waals surface area contributed by atoms with E-state index < -0.39 is 11.5 Å². The number of hydrogen-bond donors (Lipinski definition) is 3. The molecule has 1 unspecified atom stereocenters. The van der Waals surface area contributed by atoms with Gasteiger partial charge in [0.15, 0.2) is 5.54 Å². The van der Waals surface area contributed by atoms with Crippen LogP contribution in [0, 0.1) is 0 Å². The smallest absolute Gasteiger partial charge is 0.333 e. The minimum Gasteiger partial charge on any atom is -0.508 e. The molecule has 0 aliphatic rings. The van der Waals surface area contributed by atoms with E-state index >= 15 is 0 Å². The highest BCUT2D eigenvalue weighted by Gasteiger charge is 2.37. The summed E-state index contributed by atoms with van der Waals surface area (Å²) in [7, 11) is 0. The third kappa shape index (κ3) is 1.94. The fraction of sp³-hybridized carbons (Fsp3) is 0.0714. The number of aliphatic carboxylic acids is 1. The normalized spacial score (nSPS) is 13.8. The molecule has 0 aliphatic heterocycles. The molecule has 0 aliphatic carbocycles. The molecule has 0 radical (unpaired) electrons. The highest BCUT2D eigenvalue weighted by atomic mass is 16.4.